The van der Waals surface area contributed by atoms with E-state index in [9.17, 15) is 13.9 Å². The monoisotopic (exact) mass is 568 g/mol. The number of nitrogens with one attached hydrogen (secondary N) is 2. The zero-order valence-corrected chi connectivity index (χ0v) is 23.5. The molecule has 2 atom stereocenters. The van der Waals surface area contributed by atoms with E-state index in [4.69, 9.17) is 19.8 Å². The van der Waals surface area contributed by atoms with Gasteiger partial charge in [-0.1, -0.05) is 0 Å². The Morgan fingerprint density at radius 3 is 2.52 bits per heavy atom. The highest BCUT2D eigenvalue weighted by Gasteiger charge is 2.52. The van der Waals surface area contributed by atoms with Crippen molar-refractivity contribution in [3.63, 3.8) is 0 Å². The lowest BCUT2D eigenvalue weighted by Gasteiger charge is -2.55. The molecule has 40 heavy (non-hydrogen) atoms. The molecule has 0 unspecified atom stereocenters. The maximum atomic E-state index is 12.2. The van der Waals surface area contributed by atoms with Crippen LogP contribution in [0.1, 0.15) is 38.8 Å². The summed E-state index contributed by atoms with van der Waals surface area (Å²) >= 11 is 0. The van der Waals surface area contributed by atoms with Gasteiger partial charge in [-0.3, -0.25) is 14.1 Å². The molecule has 3 heterocycles. The summed E-state index contributed by atoms with van der Waals surface area (Å²) < 4.78 is 28.1. The molecule has 5 N–H and O–H groups in total. The Bertz CT molecular complexity index is 1320. The van der Waals surface area contributed by atoms with Gasteiger partial charge in [-0.25, -0.2) is 14.8 Å². The molecule has 1 aliphatic heterocycles. The average Bonchev–Trinajstić information content (AvgIpc) is 2.93. The van der Waals surface area contributed by atoms with E-state index < -0.39 is 21.4 Å². The Kier molecular flexibility index (Phi) is 8.24. The van der Waals surface area contributed by atoms with Gasteiger partial charge in [0.2, 0.25) is 0 Å². The van der Waals surface area contributed by atoms with Crippen LogP contribution in [0.25, 0.3) is 11.4 Å². The molecule has 3 aromatic rings. The quantitative estimate of drug-likeness (QED) is 0.265. The molecule has 0 radical (unpaired) electrons. The van der Waals surface area contributed by atoms with E-state index in [1.807, 2.05) is 18.2 Å². The Hall–Kier alpha value is -3.29. The highest BCUT2D eigenvalue weighted by molar-refractivity contribution is 8.25. The van der Waals surface area contributed by atoms with E-state index in [0.29, 0.717) is 60.5 Å². The smallest absolute Gasteiger partial charge is 0.319 e. The minimum Gasteiger partial charge on any atom is -0.394 e. The fourth-order valence-electron chi connectivity index (χ4n) is 5.09. The number of anilines is 2. The molecule has 214 valence electrons. The van der Waals surface area contributed by atoms with Gasteiger partial charge in [-0.2, -0.15) is 10.6 Å². The molecule has 1 aromatic carbocycles. The second-order valence-electron chi connectivity index (χ2n) is 10.4. The van der Waals surface area contributed by atoms with E-state index in [-0.39, 0.29) is 18.7 Å². The molecule has 0 spiro atoms. The lowest BCUT2D eigenvalue weighted by molar-refractivity contribution is 0.0985. The van der Waals surface area contributed by atoms with Crippen LogP contribution < -0.4 is 15.5 Å². The van der Waals surface area contributed by atoms with Crippen molar-refractivity contribution in [2.45, 2.75) is 54.8 Å². The molecular weight excluding hydrogens is 532 g/mol. The largest absolute Gasteiger partial charge is 0.394 e. The predicted molar refractivity (Wildman–Crippen MR) is 155 cm³/mol. The number of ether oxygens (including phenoxy) is 1. The van der Waals surface area contributed by atoms with Crippen molar-refractivity contribution in [1.29, 1.82) is 0 Å². The maximum absolute atomic E-state index is 12.2. The fraction of sp³-hybridized carbons (Fsp3) is 0.429. The van der Waals surface area contributed by atoms with Crippen LogP contribution in [0.3, 0.4) is 0 Å². The highest BCUT2D eigenvalue weighted by Crippen LogP contribution is 2.71. The number of nitrogens with zero attached hydrogens (tertiary/aromatic N) is 4. The summed E-state index contributed by atoms with van der Waals surface area (Å²) in [4.78, 5) is 28.7. The fourth-order valence-corrected chi connectivity index (χ4v) is 7.30. The molecule has 2 aromatic heterocycles. The third-order valence-electron chi connectivity index (χ3n) is 7.58. The molecule has 0 bridgehead atoms. The minimum atomic E-state index is -3.26. The number of benzene rings is 1. The number of urea groups is 1. The summed E-state index contributed by atoms with van der Waals surface area (Å²) in [6.45, 7) is 5.44. The van der Waals surface area contributed by atoms with Crippen molar-refractivity contribution < 1.29 is 23.7 Å². The number of carbonyl (C=O) groups is 1. The lowest BCUT2D eigenvalue weighted by Crippen LogP contribution is -2.45. The number of rotatable bonds is 8. The van der Waals surface area contributed by atoms with Gasteiger partial charge in [-0.15, -0.1) is 0 Å². The van der Waals surface area contributed by atoms with Gasteiger partial charge in [0.15, 0.2) is 5.82 Å². The summed E-state index contributed by atoms with van der Waals surface area (Å²) in [7, 11) is -3.26. The summed E-state index contributed by atoms with van der Waals surface area (Å²) in [5, 5.41) is 14.6. The molecule has 2 fully saturated rings. The summed E-state index contributed by atoms with van der Waals surface area (Å²) in [6.07, 6.45) is 5.19. The van der Waals surface area contributed by atoms with Gasteiger partial charge < -0.3 is 25.4 Å². The van der Waals surface area contributed by atoms with E-state index in [2.05, 4.69) is 27.4 Å². The summed E-state index contributed by atoms with van der Waals surface area (Å²) in [5.74, 6) is 1.18. The topological polar surface area (TPSA) is 153 Å². The zero-order valence-electron chi connectivity index (χ0n) is 22.7. The van der Waals surface area contributed by atoms with Crippen LogP contribution >= 0.6 is 10.6 Å². The van der Waals surface area contributed by atoms with Crippen LogP contribution in [0.4, 0.5) is 16.3 Å². The Balaban J connectivity index is 1.53. The molecule has 1 saturated heterocycles. The van der Waals surface area contributed by atoms with Crippen molar-refractivity contribution in [2.75, 3.05) is 36.6 Å². The van der Waals surface area contributed by atoms with Crippen molar-refractivity contribution in [3.05, 3.63) is 60.6 Å². The van der Waals surface area contributed by atoms with Crippen molar-refractivity contribution in [2.24, 2.45) is 0 Å². The number of amides is 2. The van der Waals surface area contributed by atoms with Gasteiger partial charge in [0.1, 0.15) is 10.6 Å². The molecule has 2 amide bonds. The van der Waals surface area contributed by atoms with Crippen LogP contribution in [0.5, 0.6) is 0 Å². The van der Waals surface area contributed by atoms with E-state index >= 15 is 0 Å². The van der Waals surface area contributed by atoms with Gasteiger partial charge in [0.25, 0.3) is 0 Å². The predicted octanol–water partition coefficient (Wildman–Crippen LogP) is 4.45. The van der Waals surface area contributed by atoms with E-state index in [1.165, 1.54) is 0 Å². The molecule has 2 aliphatic rings. The number of morpholine rings is 1. The van der Waals surface area contributed by atoms with Crippen LogP contribution in [0.2, 0.25) is 0 Å². The third-order valence-corrected chi connectivity index (χ3v) is 10.2. The third kappa shape index (κ3) is 5.50. The van der Waals surface area contributed by atoms with Crippen LogP contribution in [-0.2, 0) is 9.48 Å². The highest BCUT2D eigenvalue weighted by atomic mass is 32.3. The first-order valence-corrected chi connectivity index (χ1v) is 15.0. The van der Waals surface area contributed by atoms with Gasteiger partial charge in [0.05, 0.1) is 42.5 Å². The molecule has 12 heteroatoms. The van der Waals surface area contributed by atoms with Crippen molar-refractivity contribution in [3.8, 4) is 11.4 Å². The first kappa shape index (κ1) is 28.2. The number of aromatic nitrogens is 3. The summed E-state index contributed by atoms with van der Waals surface area (Å²) in [5.41, 5.74) is 1.91. The number of aliphatic hydroxyl groups excluding tert-OH is 1. The standard InChI is InChI=1S/C28H36N6O5S/c1-19(17-35)30-27(36)31-22-6-4-21(5-7-22)26-32-24(16-25(33-26)34-14-15-39-18-20(34)2)28(10-3-11-28)40(37,38)23-8-12-29-13-9-23/h4-9,12-13,16,19-20,35,37-38H,3,10-11,14-15,17-18H2,1-2H3,(H2,30,31,36)/t19-,20+/m1/s1. The number of carbonyl (C=O) groups excluding carboxylic acids is 1. The SMILES string of the molecule is C[C@H](CO)NC(=O)Nc1ccc(-c2nc(N3CCOC[C@@H]3C)cc(C3(S(O)(O)c4ccncc4)CCC3)n2)cc1. The maximum Gasteiger partial charge on any atom is 0.319 e. The number of hydrogen-bond donors (Lipinski definition) is 5. The Morgan fingerprint density at radius 1 is 1.18 bits per heavy atom. The molecule has 11 nitrogen and oxygen atoms in total. The molecule has 1 saturated carbocycles. The molecule has 1 aliphatic carbocycles. The number of pyridine rings is 1. The van der Waals surface area contributed by atoms with Crippen LogP contribution in [0, 0.1) is 0 Å². The summed E-state index contributed by atoms with van der Waals surface area (Å²) in [6, 6.07) is 11.7. The average molecular weight is 569 g/mol. The van der Waals surface area contributed by atoms with E-state index in [1.54, 1.807) is 43.6 Å². The first-order valence-electron chi connectivity index (χ1n) is 13.4. The van der Waals surface area contributed by atoms with Gasteiger partial charge in [-0.05, 0) is 69.5 Å². The van der Waals surface area contributed by atoms with Crippen LogP contribution in [-0.4, -0.2) is 73.6 Å². The minimum absolute atomic E-state index is 0.0913. The first-order chi connectivity index (χ1) is 19.2. The van der Waals surface area contributed by atoms with Gasteiger partial charge >= 0.3 is 6.03 Å². The normalized spacial score (nSPS) is 19.8. The van der Waals surface area contributed by atoms with E-state index in [0.717, 1.165) is 12.0 Å². The number of aliphatic hydroxyl groups is 1. The lowest BCUT2D eigenvalue weighted by atomic mass is 9.81. The van der Waals surface area contributed by atoms with Crippen molar-refractivity contribution >= 4 is 28.1 Å². The Labute approximate surface area is 235 Å². The zero-order chi connectivity index (χ0) is 28.3. The number of hydrogen-bond acceptors (Lipinski definition) is 9. The van der Waals surface area contributed by atoms with Gasteiger partial charge in [0, 0.05) is 36.3 Å². The second kappa shape index (κ2) is 11.7. The second-order valence-corrected chi connectivity index (χ2v) is 12.7. The molecule has 5 rings (SSSR count). The van der Waals surface area contributed by atoms with Crippen LogP contribution in [0.15, 0.2) is 59.8 Å². The van der Waals surface area contributed by atoms with Crippen molar-refractivity contribution in [1.82, 2.24) is 20.3 Å². The Morgan fingerprint density at radius 2 is 1.90 bits per heavy atom. The molecular formula is C28H36N6O5S.